The predicted octanol–water partition coefficient (Wildman–Crippen LogP) is 3.50. The lowest BCUT2D eigenvalue weighted by Crippen LogP contribution is -2.38. The fourth-order valence-electron chi connectivity index (χ4n) is 3.53. The Morgan fingerprint density at radius 1 is 1.32 bits per heavy atom. The quantitative estimate of drug-likeness (QED) is 0.885. The number of rotatable bonds is 5. The summed E-state index contributed by atoms with van der Waals surface area (Å²) >= 11 is 6.27. The Balaban J connectivity index is 1.76. The van der Waals surface area contributed by atoms with Crippen LogP contribution in [0.25, 0.3) is 0 Å². The van der Waals surface area contributed by atoms with E-state index in [1.165, 1.54) is 5.56 Å². The average Bonchev–Trinajstić information content (AvgIpc) is 2.85. The van der Waals surface area contributed by atoms with Crippen LogP contribution >= 0.6 is 11.6 Å². The van der Waals surface area contributed by atoms with Gasteiger partial charge in [0.15, 0.2) is 0 Å². The Morgan fingerprint density at radius 2 is 2.08 bits per heavy atom. The van der Waals surface area contributed by atoms with E-state index >= 15 is 0 Å². The highest BCUT2D eigenvalue weighted by atomic mass is 35.5. The van der Waals surface area contributed by atoms with Crippen LogP contribution in [0.5, 0.6) is 0 Å². The minimum atomic E-state index is -0.687. The van der Waals surface area contributed by atoms with Crippen molar-refractivity contribution in [3.63, 3.8) is 0 Å². The first-order chi connectivity index (χ1) is 12.0. The standard InChI is InChI=1S/C19H24ClN3O2/c1-13-17(12-22-9-5-7-16(10-22)19(24)25)14(2)23(21-13)11-15-6-3-4-8-18(15)20/h3-4,6,8,16H,5,7,9-12H2,1-2H3,(H,24,25). The summed E-state index contributed by atoms with van der Waals surface area (Å²) in [5.74, 6) is -0.944. The van der Waals surface area contributed by atoms with E-state index in [0.717, 1.165) is 47.9 Å². The van der Waals surface area contributed by atoms with Crippen molar-refractivity contribution >= 4 is 17.6 Å². The van der Waals surface area contributed by atoms with Crippen molar-refractivity contribution in [1.29, 1.82) is 0 Å². The summed E-state index contributed by atoms with van der Waals surface area (Å²) in [6, 6.07) is 7.81. The van der Waals surface area contributed by atoms with Crippen molar-refractivity contribution in [3.8, 4) is 0 Å². The van der Waals surface area contributed by atoms with Gasteiger partial charge in [-0.15, -0.1) is 0 Å². The number of aliphatic carboxylic acids is 1. The first kappa shape index (κ1) is 18.0. The molecule has 5 nitrogen and oxygen atoms in total. The van der Waals surface area contributed by atoms with Crippen molar-refractivity contribution < 1.29 is 9.90 Å². The molecule has 1 fully saturated rings. The summed E-state index contributed by atoms with van der Waals surface area (Å²) in [5.41, 5.74) is 4.36. The fraction of sp³-hybridized carbons (Fsp3) is 0.474. The Hall–Kier alpha value is -1.85. The molecule has 0 bridgehead atoms. The number of likely N-dealkylation sites (tertiary alicyclic amines) is 1. The zero-order chi connectivity index (χ0) is 18.0. The molecule has 0 amide bonds. The van der Waals surface area contributed by atoms with Gasteiger partial charge in [-0.25, -0.2) is 0 Å². The van der Waals surface area contributed by atoms with Crippen LogP contribution < -0.4 is 0 Å². The molecule has 0 saturated carbocycles. The highest BCUT2D eigenvalue weighted by molar-refractivity contribution is 6.31. The number of hydrogen-bond donors (Lipinski definition) is 1. The predicted molar refractivity (Wildman–Crippen MR) is 97.9 cm³/mol. The number of carbonyl (C=O) groups is 1. The van der Waals surface area contributed by atoms with Gasteiger partial charge in [0.25, 0.3) is 0 Å². The first-order valence-corrected chi connectivity index (χ1v) is 9.05. The Labute approximate surface area is 153 Å². The lowest BCUT2D eigenvalue weighted by atomic mass is 9.97. The second-order valence-electron chi connectivity index (χ2n) is 6.81. The molecule has 2 heterocycles. The molecule has 1 aliphatic rings. The molecule has 1 saturated heterocycles. The number of carboxylic acid groups (broad SMARTS) is 1. The summed E-state index contributed by atoms with van der Waals surface area (Å²) in [6.45, 7) is 7.05. The molecule has 6 heteroatoms. The average molecular weight is 362 g/mol. The van der Waals surface area contributed by atoms with Gasteiger partial charge in [0, 0.05) is 29.4 Å². The van der Waals surface area contributed by atoms with E-state index in [-0.39, 0.29) is 5.92 Å². The van der Waals surface area contributed by atoms with Crippen molar-refractivity contribution in [2.75, 3.05) is 13.1 Å². The van der Waals surface area contributed by atoms with E-state index in [1.54, 1.807) is 0 Å². The minimum Gasteiger partial charge on any atom is -0.481 e. The van der Waals surface area contributed by atoms with Crippen LogP contribution in [0.1, 0.15) is 35.4 Å². The second kappa shape index (κ2) is 7.58. The molecule has 25 heavy (non-hydrogen) atoms. The van der Waals surface area contributed by atoms with E-state index in [2.05, 4.69) is 16.9 Å². The van der Waals surface area contributed by atoms with Gasteiger partial charge in [-0.1, -0.05) is 29.8 Å². The molecule has 1 atom stereocenters. The van der Waals surface area contributed by atoms with Gasteiger partial charge in [-0.05, 0) is 44.9 Å². The number of hydrogen-bond acceptors (Lipinski definition) is 3. The van der Waals surface area contributed by atoms with Gasteiger partial charge in [0.1, 0.15) is 0 Å². The van der Waals surface area contributed by atoms with E-state index < -0.39 is 5.97 Å². The molecule has 0 radical (unpaired) electrons. The van der Waals surface area contributed by atoms with E-state index in [9.17, 15) is 9.90 Å². The number of carboxylic acids is 1. The Morgan fingerprint density at radius 3 is 2.80 bits per heavy atom. The number of piperidine rings is 1. The lowest BCUT2D eigenvalue weighted by Gasteiger charge is -2.30. The van der Waals surface area contributed by atoms with Crippen LogP contribution in [0.3, 0.4) is 0 Å². The molecule has 1 aromatic carbocycles. The lowest BCUT2D eigenvalue weighted by molar-refractivity contribution is -0.143. The van der Waals surface area contributed by atoms with Gasteiger partial charge in [0.2, 0.25) is 0 Å². The number of aryl methyl sites for hydroxylation is 1. The molecular weight excluding hydrogens is 338 g/mol. The molecule has 1 unspecified atom stereocenters. The largest absolute Gasteiger partial charge is 0.481 e. The number of benzene rings is 1. The molecule has 134 valence electrons. The molecule has 1 aromatic heterocycles. The SMILES string of the molecule is Cc1nn(Cc2ccccc2Cl)c(C)c1CN1CCCC(C(=O)O)C1. The molecule has 0 spiro atoms. The van der Waals surface area contributed by atoms with E-state index in [1.807, 2.05) is 35.9 Å². The van der Waals surface area contributed by atoms with Gasteiger partial charge in [-0.3, -0.25) is 14.4 Å². The topological polar surface area (TPSA) is 58.4 Å². The van der Waals surface area contributed by atoms with Crippen molar-refractivity contribution in [2.45, 2.75) is 39.8 Å². The van der Waals surface area contributed by atoms with Gasteiger partial charge in [0.05, 0.1) is 18.2 Å². The van der Waals surface area contributed by atoms with Crippen LogP contribution in [-0.2, 0) is 17.9 Å². The van der Waals surface area contributed by atoms with Crippen LogP contribution in [0, 0.1) is 19.8 Å². The van der Waals surface area contributed by atoms with Crippen LogP contribution in [-0.4, -0.2) is 38.8 Å². The van der Waals surface area contributed by atoms with Gasteiger partial charge < -0.3 is 5.11 Å². The summed E-state index contributed by atoms with van der Waals surface area (Å²) < 4.78 is 1.99. The van der Waals surface area contributed by atoms with Gasteiger partial charge in [-0.2, -0.15) is 5.10 Å². The zero-order valence-electron chi connectivity index (χ0n) is 14.7. The van der Waals surface area contributed by atoms with Crippen LogP contribution in [0.2, 0.25) is 5.02 Å². The highest BCUT2D eigenvalue weighted by Gasteiger charge is 2.26. The zero-order valence-corrected chi connectivity index (χ0v) is 15.5. The van der Waals surface area contributed by atoms with E-state index in [4.69, 9.17) is 11.6 Å². The fourth-order valence-corrected chi connectivity index (χ4v) is 3.72. The smallest absolute Gasteiger partial charge is 0.307 e. The third-order valence-electron chi connectivity index (χ3n) is 5.05. The maximum atomic E-state index is 11.3. The van der Waals surface area contributed by atoms with Crippen molar-refractivity contribution in [3.05, 3.63) is 51.8 Å². The first-order valence-electron chi connectivity index (χ1n) is 8.67. The maximum Gasteiger partial charge on any atom is 0.307 e. The normalized spacial score (nSPS) is 18.4. The summed E-state index contributed by atoms with van der Waals surface area (Å²) in [6.07, 6.45) is 1.71. The van der Waals surface area contributed by atoms with Crippen LogP contribution in [0.15, 0.2) is 24.3 Å². The second-order valence-corrected chi connectivity index (χ2v) is 7.22. The molecule has 3 rings (SSSR count). The third kappa shape index (κ3) is 4.05. The minimum absolute atomic E-state index is 0.257. The summed E-state index contributed by atoms with van der Waals surface area (Å²) in [7, 11) is 0. The molecule has 1 aliphatic heterocycles. The third-order valence-corrected chi connectivity index (χ3v) is 5.41. The monoisotopic (exact) mass is 361 g/mol. The maximum absolute atomic E-state index is 11.3. The summed E-state index contributed by atoms with van der Waals surface area (Å²) in [4.78, 5) is 13.5. The van der Waals surface area contributed by atoms with Crippen LogP contribution in [0.4, 0.5) is 0 Å². The Kier molecular flexibility index (Phi) is 5.45. The van der Waals surface area contributed by atoms with Gasteiger partial charge >= 0.3 is 5.97 Å². The molecule has 0 aliphatic carbocycles. The Bertz CT molecular complexity index is 772. The molecule has 1 N–H and O–H groups in total. The van der Waals surface area contributed by atoms with E-state index in [0.29, 0.717) is 13.1 Å². The highest BCUT2D eigenvalue weighted by Crippen LogP contribution is 2.23. The van der Waals surface area contributed by atoms with Crippen molar-refractivity contribution in [1.82, 2.24) is 14.7 Å². The number of halogens is 1. The molecule has 2 aromatic rings. The summed E-state index contributed by atoms with van der Waals surface area (Å²) in [5, 5.41) is 14.7. The number of nitrogens with zero attached hydrogens (tertiary/aromatic N) is 3. The molecular formula is C19H24ClN3O2. The number of aromatic nitrogens is 2. The van der Waals surface area contributed by atoms with Crippen molar-refractivity contribution in [2.24, 2.45) is 5.92 Å².